The van der Waals surface area contributed by atoms with Gasteiger partial charge >= 0.3 is 0 Å². The number of amides is 1. The fraction of sp³-hybridized carbons (Fsp3) is 0. The number of hydrogen-bond acceptors (Lipinski definition) is 2. The first-order valence-corrected chi connectivity index (χ1v) is 4.40. The van der Waals surface area contributed by atoms with Crippen LogP contribution in [-0.4, -0.2) is 10.9 Å². The quantitative estimate of drug-likeness (QED) is 0.776. The third kappa shape index (κ3) is 1.42. The minimum absolute atomic E-state index is 0.442. The summed E-state index contributed by atoms with van der Waals surface area (Å²) in [6.45, 7) is 0. The average molecular weight is 207 g/mol. The Morgan fingerprint density at radius 3 is 2.86 bits per heavy atom. The molecule has 70 valence electrons. The molecule has 1 amide bonds. The molecule has 0 atom stereocenters. The fourth-order valence-corrected chi connectivity index (χ4v) is 1.51. The molecule has 1 aromatic carbocycles. The van der Waals surface area contributed by atoms with Crippen molar-refractivity contribution in [1.82, 2.24) is 4.98 Å². The zero-order chi connectivity index (χ0) is 10.1. The molecule has 2 rings (SSSR count). The highest BCUT2D eigenvalue weighted by Gasteiger charge is 2.06. The molecular formula is C10H7ClN2O. The molecule has 0 fully saturated rings. The van der Waals surface area contributed by atoms with E-state index in [0.717, 1.165) is 0 Å². The van der Waals surface area contributed by atoms with Gasteiger partial charge in [0.1, 0.15) is 0 Å². The number of hydrogen-bond donors (Lipinski definition) is 1. The number of fused-ring (bicyclic) bond motifs is 1. The van der Waals surface area contributed by atoms with Crippen molar-refractivity contribution < 1.29 is 4.79 Å². The van der Waals surface area contributed by atoms with Crippen LogP contribution in [0.1, 0.15) is 10.4 Å². The van der Waals surface area contributed by atoms with E-state index in [1.165, 1.54) is 0 Å². The first-order valence-electron chi connectivity index (χ1n) is 4.02. The highest BCUT2D eigenvalue weighted by atomic mass is 35.5. The zero-order valence-corrected chi connectivity index (χ0v) is 7.95. The Morgan fingerprint density at radius 2 is 2.14 bits per heavy atom. The Labute approximate surface area is 85.5 Å². The van der Waals surface area contributed by atoms with E-state index in [-0.39, 0.29) is 0 Å². The van der Waals surface area contributed by atoms with Gasteiger partial charge in [0.05, 0.1) is 11.1 Å². The van der Waals surface area contributed by atoms with Gasteiger partial charge < -0.3 is 5.73 Å². The van der Waals surface area contributed by atoms with Crippen molar-refractivity contribution in [2.75, 3.05) is 0 Å². The molecule has 1 heterocycles. The Bertz CT molecular complexity index is 510. The molecule has 0 unspecified atom stereocenters. The van der Waals surface area contributed by atoms with Gasteiger partial charge in [-0.3, -0.25) is 9.78 Å². The number of nitrogens with zero attached hydrogens (tertiary/aromatic N) is 1. The third-order valence-corrected chi connectivity index (χ3v) is 2.20. The average Bonchev–Trinajstić information content (AvgIpc) is 2.16. The van der Waals surface area contributed by atoms with Gasteiger partial charge in [-0.2, -0.15) is 0 Å². The topological polar surface area (TPSA) is 56.0 Å². The van der Waals surface area contributed by atoms with Crippen molar-refractivity contribution in [3.8, 4) is 0 Å². The van der Waals surface area contributed by atoms with E-state index in [1.807, 2.05) is 0 Å². The van der Waals surface area contributed by atoms with Crippen molar-refractivity contribution in [3.63, 3.8) is 0 Å². The molecule has 0 aliphatic carbocycles. The summed E-state index contributed by atoms with van der Waals surface area (Å²) in [7, 11) is 0. The fourth-order valence-electron chi connectivity index (χ4n) is 1.33. The van der Waals surface area contributed by atoms with E-state index < -0.39 is 5.91 Å². The summed E-state index contributed by atoms with van der Waals surface area (Å²) in [5, 5.41) is 1.25. The van der Waals surface area contributed by atoms with E-state index in [0.29, 0.717) is 21.5 Å². The molecule has 0 saturated heterocycles. The van der Waals surface area contributed by atoms with E-state index in [1.54, 1.807) is 30.5 Å². The first kappa shape index (κ1) is 8.97. The van der Waals surface area contributed by atoms with Crippen LogP contribution >= 0.6 is 11.6 Å². The lowest BCUT2D eigenvalue weighted by Gasteiger charge is -2.01. The van der Waals surface area contributed by atoms with Gasteiger partial charge in [-0.05, 0) is 24.3 Å². The summed E-state index contributed by atoms with van der Waals surface area (Å²) in [6, 6.07) is 6.75. The van der Waals surface area contributed by atoms with Crippen LogP contribution in [0.5, 0.6) is 0 Å². The number of primary amides is 1. The van der Waals surface area contributed by atoms with Crippen LogP contribution in [0.25, 0.3) is 10.9 Å². The number of nitrogens with two attached hydrogens (primary N) is 1. The first-order chi connectivity index (χ1) is 6.68. The lowest BCUT2D eigenvalue weighted by molar-refractivity contribution is 0.100. The number of carbonyl (C=O) groups is 1. The van der Waals surface area contributed by atoms with Crippen LogP contribution in [0.3, 0.4) is 0 Å². The maximum Gasteiger partial charge on any atom is 0.249 e. The van der Waals surface area contributed by atoms with Gasteiger partial charge in [-0.1, -0.05) is 11.6 Å². The molecule has 3 nitrogen and oxygen atoms in total. The molecule has 0 saturated carbocycles. The Kier molecular flexibility index (Phi) is 2.09. The Balaban J connectivity index is 2.84. The molecule has 0 aliphatic heterocycles. The van der Waals surface area contributed by atoms with Gasteiger partial charge in [-0.15, -0.1) is 0 Å². The molecule has 2 N–H and O–H groups in total. The van der Waals surface area contributed by atoms with E-state index in [2.05, 4.69) is 4.98 Å². The summed E-state index contributed by atoms with van der Waals surface area (Å²) >= 11 is 5.82. The maximum atomic E-state index is 11.1. The largest absolute Gasteiger partial charge is 0.366 e. The van der Waals surface area contributed by atoms with Crippen LogP contribution in [0.4, 0.5) is 0 Å². The number of rotatable bonds is 1. The molecule has 0 aliphatic rings. The van der Waals surface area contributed by atoms with Crippen molar-refractivity contribution in [1.29, 1.82) is 0 Å². The number of aromatic nitrogens is 1. The lowest BCUT2D eigenvalue weighted by Crippen LogP contribution is -2.11. The minimum atomic E-state index is -0.473. The second kappa shape index (κ2) is 3.27. The maximum absolute atomic E-state index is 11.1. The summed E-state index contributed by atoms with van der Waals surface area (Å²) in [4.78, 5) is 15.2. The van der Waals surface area contributed by atoms with E-state index in [4.69, 9.17) is 17.3 Å². The monoisotopic (exact) mass is 206 g/mol. The SMILES string of the molecule is NC(=O)c1ccnc2ccc(Cl)cc12. The summed E-state index contributed by atoms with van der Waals surface area (Å²) in [5.41, 5.74) is 6.38. The predicted octanol–water partition coefficient (Wildman–Crippen LogP) is 1.99. The van der Waals surface area contributed by atoms with Gasteiger partial charge in [0, 0.05) is 16.6 Å². The molecule has 14 heavy (non-hydrogen) atoms. The summed E-state index contributed by atoms with van der Waals surface area (Å²) in [5.74, 6) is -0.473. The van der Waals surface area contributed by atoms with E-state index >= 15 is 0 Å². The normalized spacial score (nSPS) is 10.4. The van der Waals surface area contributed by atoms with Crippen molar-refractivity contribution in [3.05, 3.63) is 41.0 Å². The minimum Gasteiger partial charge on any atom is -0.366 e. The third-order valence-electron chi connectivity index (χ3n) is 1.97. The zero-order valence-electron chi connectivity index (χ0n) is 7.20. The number of carbonyl (C=O) groups excluding carboxylic acids is 1. The Morgan fingerprint density at radius 1 is 1.36 bits per heavy atom. The lowest BCUT2D eigenvalue weighted by atomic mass is 10.1. The predicted molar refractivity (Wildman–Crippen MR) is 55.3 cm³/mol. The number of pyridine rings is 1. The second-order valence-corrected chi connectivity index (χ2v) is 3.32. The molecule has 2 aromatic rings. The van der Waals surface area contributed by atoms with Gasteiger partial charge in [0.2, 0.25) is 5.91 Å². The smallest absolute Gasteiger partial charge is 0.249 e. The van der Waals surface area contributed by atoms with E-state index in [9.17, 15) is 4.79 Å². The summed E-state index contributed by atoms with van der Waals surface area (Å²) < 4.78 is 0. The van der Waals surface area contributed by atoms with Crippen LogP contribution in [0.15, 0.2) is 30.5 Å². The van der Waals surface area contributed by atoms with Crippen molar-refractivity contribution >= 4 is 28.4 Å². The molecule has 0 bridgehead atoms. The number of benzene rings is 1. The van der Waals surface area contributed by atoms with Crippen molar-refractivity contribution in [2.45, 2.75) is 0 Å². The molecular weight excluding hydrogens is 200 g/mol. The Hall–Kier alpha value is -1.61. The van der Waals surface area contributed by atoms with Gasteiger partial charge in [0.25, 0.3) is 0 Å². The molecule has 4 heteroatoms. The van der Waals surface area contributed by atoms with Crippen LogP contribution < -0.4 is 5.73 Å². The second-order valence-electron chi connectivity index (χ2n) is 2.88. The summed E-state index contributed by atoms with van der Waals surface area (Å²) in [6.07, 6.45) is 1.55. The highest BCUT2D eigenvalue weighted by molar-refractivity contribution is 6.31. The molecule has 0 spiro atoms. The highest BCUT2D eigenvalue weighted by Crippen LogP contribution is 2.20. The van der Waals surface area contributed by atoms with Crippen molar-refractivity contribution in [2.24, 2.45) is 5.73 Å². The molecule has 1 aromatic heterocycles. The van der Waals surface area contributed by atoms with Crippen LogP contribution in [-0.2, 0) is 0 Å². The van der Waals surface area contributed by atoms with Gasteiger partial charge in [-0.25, -0.2) is 0 Å². The standard InChI is InChI=1S/C10H7ClN2O/c11-6-1-2-9-8(5-6)7(10(12)14)3-4-13-9/h1-5H,(H2,12,14). The number of halogens is 1. The molecule has 0 radical (unpaired) electrons. The van der Waals surface area contributed by atoms with Gasteiger partial charge in [0.15, 0.2) is 0 Å². The van der Waals surface area contributed by atoms with Crippen LogP contribution in [0, 0.1) is 0 Å². The van der Waals surface area contributed by atoms with Crippen LogP contribution in [0.2, 0.25) is 5.02 Å².